The number of carbonyl (C=O) groups is 1. The fourth-order valence-corrected chi connectivity index (χ4v) is 4.99. The van der Waals surface area contributed by atoms with E-state index in [1.54, 1.807) is 32.4 Å². The summed E-state index contributed by atoms with van der Waals surface area (Å²) in [5.41, 5.74) is 0.861. The van der Waals surface area contributed by atoms with Crippen molar-refractivity contribution in [3.05, 3.63) is 48.0 Å². The van der Waals surface area contributed by atoms with Gasteiger partial charge in [0.15, 0.2) is 18.1 Å². The van der Waals surface area contributed by atoms with Crippen molar-refractivity contribution in [2.45, 2.75) is 49.6 Å². The lowest BCUT2D eigenvalue weighted by Crippen LogP contribution is -2.32. The molecule has 1 amide bonds. The summed E-state index contributed by atoms with van der Waals surface area (Å²) in [4.78, 5) is 12.5. The van der Waals surface area contributed by atoms with Crippen molar-refractivity contribution in [3.63, 3.8) is 0 Å². The van der Waals surface area contributed by atoms with Gasteiger partial charge < -0.3 is 19.5 Å². The standard InChI is InChI=1S/C23H30N2O6S/c1-16(17-8-13-21(29-2)22(14-17)30-3)24-23(26)15-31-19-9-11-20(12-10-19)32(27,28)25-18-6-4-5-7-18/h8-14,16,18,25H,4-7,15H2,1-3H3,(H,24,26)/t16-/m0/s1. The van der Waals surface area contributed by atoms with Crippen molar-refractivity contribution >= 4 is 15.9 Å². The molecular weight excluding hydrogens is 432 g/mol. The van der Waals surface area contributed by atoms with Gasteiger partial charge in [0.25, 0.3) is 5.91 Å². The molecule has 8 nitrogen and oxygen atoms in total. The number of nitrogens with one attached hydrogen (secondary N) is 2. The number of benzene rings is 2. The molecular formula is C23H30N2O6S. The number of hydrogen-bond donors (Lipinski definition) is 2. The average Bonchev–Trinajstić information content (AvgIpc) is 3.29. The van der Waals surface area contributed by atoms with Crippen molar-refractivity contribution < 1.29 is 27.4 Å². The van der Waals surface area contributed by atoms with Gasteiger partial charge in [-0.2, -0.15) is 0 Å². The Hall–Kier alpha value is -2.78. The number of amides is 1. The van der Waals surface area contributed by atoms with Gasteiger partial charge >= 0.3 is 0 Å². The minimum atomic E-state index is -3.55. The molecule has 0 bridgehead atoms. The van der Waals surface area contributed by atoms with Crippen LogP contribution in [0.15, 0.2) is 47.4 Å². The topological polar surface area (TPSA) is 103 Å². The smallest absolute Gasteiger partial charge is 0.258 e. The van der Waals surface area contributed by atoms with Crippen LogP contribution in [0.5, 0.6) is 17.2 Å². The Labute approximate surface area is 189 Å². The number of methoxy groups -OCH3 is 2. The Morgan fingerprint density at radius 3 is 2.31 bits per heavy atom. The molecule has 2 aromatic carbocycles. The van der Waals surface area contributed by atoms with Crippen LogP contribution in [0.1, 0.15) is 44.2 Å². The van der Waals surface area contributed by atoms with E-state index in [2.05, 4.69) is 10.0 Å². The third-order valence-corrected chi connectivity index (χ3v) is 7.00. The zero-order chi connectivity index (χ0) is 23.1. The molecule has 0 aliphatic heterocycles. The van der Waals surface area contributed by atoms with Crippen LogP contribution in [0, 0.1) is 0 Å². The van der Waals surface area contributed by atoms with Gasteiger partial charge in [0, 0.05) is 6.04 Å². The summed E-state index contributed by atoms with van der Waals surface area (Å²) in [6, 6.07) is 11.3. The zero-order valence-corrected chi connectivity index (χ0v) is 19.4. The minimum absolute atomic E-state index is 0.00674. The molecule has 1 atom stereocenters. The highest BCUT2D eigenvalue weighted by atomic mass is 32.2. The summed E-state index contributed by atoms with van der Waals surface area (Å²) in [5.74, 6) is 1.31. The molecule has 0 heterocycles. The van der Waals surface area contributed by atoms with Crippen molar-refractivity contribution in [2.75, 3.05) is 20.8 Å². The molecule has 0 aromatic heterocycles. The van der Waals surface area contributed by atoms with Crippen LogP contribution in [0.4, 0.5) is 0 Å². The zero-order valence-electron chi connectivity index (χ0n) is 18.6. The predicted octanol–water partition coefficient (Wildman–Crippen LogP) is 3.18. The van der Waals surface area contributed by atoms with Gasteiger partial charge in [-0.1, -0.05) is 18.9 Å². The van der Waals surface area contributed by atoms with E-state index in [1.165, 1.54) is 12.1 Å². The number of rotatable bonds is 10. The second-order valence-corrected chi connectivity index (χ2v) is 9.48. The lowest BCUT2D eigenvalue weighted by Gasteiger charge is -2.17. The molecule has 0 radical (unpaired) electrons. The van der Waals surface area contributed by atoms with Gasteiger partial charge in [0.2, 0.25) is 10.0 Å². The number of ether oxygens (including phenoxy) is 3. The molecule has 32 heavy (non-hydrogen) atoms. The molecule has 1 aliphatic rings. The largest absolute Gasteiger partial charge is 0.493 e. The van der Waals surface area contributed by atoms with Crippen molar-refractivity contribution in [1.29, 1.82) is 0 Å². The average molecular weight is 463 g/mol. The van der Waals surface area contributed by atoms with E-state index in [1.807, 2.05) is 19.1 Å². The summed E-state index contributed by atoms with van der Waals surface area (Å²) in [6.45, 7) is 1.67. The maximum Gasteiger partial charge on any atom is 0.258 e. The highest BCUT2D eigenvalue weighted by Crippen LogP contribution is 2.30. The second kappa shape index (κ2) is 10.7. The van der Waals surface area contributed by atoms with Crippen molar-refractivity contribution in [2.24, 2.45) is 0 Å². The molecule has 3 rings (SSSR count). The van der Waals surface area contributed by atoms with Gasteiger partial charge in [0.1, 0.15) is 5.75 Å². The summed E-state index contributed by atoms with van der Waals surface area (Å²) in [6.07, 6.45) is 3.84. The van der Waals surface area contributed by atoms with Gasteiger partial charge in [-0.3, -0.25) is 4.79 Å². The molecule has 1 saturated carbocycles. The first kappa shape index (κ1) is 23.9. The van der Waals surface area contributed by atoms with Crippen LogP contribution in [-0.4, -0.2) is 41.2 Å². The highest BCUT2D eigenvalue weighted by molar-refractivity contribution is 7.89. The molecule has 9 heteroatoms. The second-order valence-electron chi connectivity index (χ2n) is 7.77. The minimum Gasteiger partial charge on any atom is -0.493 e. The Bertz CT molecular complexity index is 1020. The quantitative estimate of drug-likeness (QED) is 0.562. The normalized spacial score (nSPS) is 15.2. The Morgan fingerprint density at radius 2 is 1.69 bits per heavy atom. The fourth-order valence-electron chi connectivity index (χ4n) is 3.68. The summed E-state index contributed by atoms with van der Waals surface area (Å²) >= 11 is 0. The molecule has 1 aliphatic carbocycles. The van der Waals surface area contributed by atoms with Gasteiger partial charge in [-0.05, 0) is 61.7 Å². The van der Waals surface area contributed by atoms with E-state index in [0.717, 1.165) is 31.2 Å². The van der Waals surface area contributed by atoms with Crippen LogP contribution in [0.3, 0.4) is 0 Å². The first-order valence-electron chi connectivity index (χ1n) is 10.6. The van der Waals surface area contributed by atoms with E-state index in [-0.39, 0.29) is 29.5 Å². The maximum absolute atomic E-state index is 12.5. The molecule has 2 aromatic rings. The van der Waals surface area contributed by atoms with E-state index in [0.29, 0.717) is 17.2 Å². The van der Waals surface area contributed by atoms with Crippen molar-refractivity contribution in [3.8, 4) is 17.2 Å². The third-order valence-electron chi connectivity index (χ3n) is 5.47. The number of sulfonamides is 1. The van der Waals surface area contributed by atoms with Gasteiger partial charge in [0.05, 0.1) is 25.2 Å². The molecule has 1 fully saturated rings. The predicted molar refractivity (Wildman–Crippen MR) is 121 cm³/mol. The molecule has 0 saturated heterocycles. The molecule has 0 unspecified atom stereocenters. The maximum atomic E-state index is 12.5. The van der Waals surface area contributed by atoms with E-state index < -0.39 is 10.0 Å². The summed E-state index contributed by atoms with van der Waals surface area (Å²) in [5, 5.41) is 2.87. The van der Waals surface area contributed by atoms with Gasteiger partial charge in [-0.25, -0.2) is 13.1 Å². The monoisotopic (exact) mass is 462 g/mol. The lowest BCUT2D eigenvalue weighted by molar-refractivity contribution is -0.123. The van der Waals surface area contributed by atoms with E-state index in [4.69, 9.17) is 14.2 Å². The Morgan fingerprint density at radius 1 is 1.03 bits per heavy atom. The number of carbonyl (C=O) groups excluding carboxylic acids is 1. The Kier molecular flexibility index (Phi) is 7.98. The van der Waals surface area contributed by atoms with E-state index in [9.17, 15) is 13.2 Å². The Balaban J connectivity index is 1.52. The molecule has 2 N–H and O–H groups in total. The first-order valence-corrected chi connectivity index (χ1v) is 12.1. The van der Waals surface area contributed by atoms with Crippen LogP contribution in [0.25, 0.3) is 0 Å². The van der Waals surface area contributed by atoms with Crippen LogP contribution >= 0.6 is 0 Å². The van der Waals surface area contributed by atoms with Gasteiger partial charge in [-0.15, -0.1) is 0 Å². The summed E-state index contributed by atoms with van der Waals surface area (Å²) < 4.78 is 43.7. The van der Waals surface area contributed by atoms with Crippen molar-refractivity contribution in [1.82, 2.24) is 10.0 Å². The first-order chi connectivity index (χ1) is 15.3. The SMILES string of the molecule is COc1ccc([C@H](C)NC(=O)COc2ccc(S(=O)(=O)NC3CCCC3)cc2)cc1OC. The van der Waals surface area contributed by atoms with E-state index >= 15 is 0 Å². The van der Waals surface area contributed by atoms with Crippen LogP contribution < -0.4 is 24.2 Å². The molecule has 0 spiro atoms. The lowest BCUT2D eigenvalue weighted by atomic mass is 10.1. The number of hydrogen-bond acceptors (Lipinski definition) is 6. The summed E-state index contributed by atoms with van der Waals surface area (Å²) in [7, 11) is -0.434. The van der Waals surface area contributed by atoms with Crippen LogP contribution in [-0.2, 0) is 14.8 Å². The highest BCUT2D eigenvalue weighted by Gasteiger charge is 2.23. The molecule has 174 valence electrons. The third kappa shape index (κ3) is 6.14. The van der Waals surface area contributed by atoms with Crippen LogP contribution in [0.2, 0.25) is 0 Å². The fraction of sp³-hybridized carbons (Fsp3) is 0.435.